The fourth-order valence-corrected chi connectivity index (χ4v) is 3.04. The van der Waals surface area contributed by atoms with Crippen molar-refractivity contribution in [3.05, 3.63) is 88.4 Å². The Kier molecular flexibility index (Phi) is 5.18. The number of nitrogens with zero attached hydrogens (tertiary/aromatic N) is 1. The van der Waals surface area contributed by atoms with Gasteiger partial charge in [0.2, 0.25) is 6.79 Å². The van der Waals surface area contributed by atoms with Crippen LogP contribution < -0.4 is 14.2 Å². The first-order valence-corrected chi connectivity index (χ1v) is 9.09. The van der Waals surface area contributed by atoms with Gasteiger partial charge in [0, 0.05) is 10.6 Å². The number of ether oxygens (including phenoxy) is 3. The van der Waals surface area contributed by atoms with Crippen LogP contribution in [-0.4, -0.2) is 6.79 Å². The van der Waals surface area contributed by atoms with Gasteiger partial charge in [-0.3, -0.25) is 0 Å². The number of hydrogen-bond acceptors (Lipinski definition) is 4. The summed E-state index contributed by atoms with van der Waals surface area (Å²) in [6.45, 7) is 0.607. The summed E-state index contributed by atoms with van der Waals surface area (Å²) in [5.74, 6) is 2.08. The Labute approximate surface area is 168 Å². The minimum Gasteiger partial charge on any atom is -0.489 e. The maximum atomic E-state index is 9.55. The summed E-state index contributed by atoms with van der Waals surface area (Å²) in [5.41, 5.74) is 3.16. The van der Waals surface area contributed by atoms with Gasteiger partial charge in [0.05, 0.1) is 11.6 Å². The highest BCUT2D eigenvalue weighted by molar-refractivity contribution is 6.31. The van der Waals surface area contributed by atoms with Crippen LogP contribution in [0.4, 0.5) is 0 Å². The Morgan fingerprint density at radius 1 is 1.04 bits per heavy atom. The van der Waals surface area contributed by atoms with Crippen LogP contribution in [0.25, 0.3) is 11.6 Å². The Morgan fingerprint density at radius 3 is 2.61 bits per heavy atom. The summed E-state index contributed by atoms with van der Waals surface area (Å²) in [7, 11) is 0. The summed E-state index contributed by atoms with van der Waals surface area (Å²) in [6, 6.07) is 22.9. The molecule has 0 amide bonds. The van der Waals surface area contributed by atoms with E-state index in [1.165, 1.54) is 0 Å². The van der Waals surface area contributed by atoms with E-state index in [-0.39, 0.29) is 6.79 Å². The molecule has 0 bridgehead atoms. The molecule has 0 fully saturated rings. The van der Waals surface area contributed by atoms with Crippen LogP contribution in [0.15, 0.2) is 66.7 Å². The molecule has 0 N–H and O–H groups in total. The molecular weight excluding hydrogens is 374 g/mol. The fourth-order valence-electron chi connectivity index (χ4n) is 2.85. The topological polar surface area (TPSA) is 51.5 Å². The third kappa shape index (κ3) is 3.95. The van der Waals surface area contributed by atoms with Gasteiger partial charge in [-0.25, -0.2) is 0 Å². The molecule has 1 aliphatic heterocycles. The van der Waals surface area contributed by atoms with E-state index >= 15 is 0 Å². The predicted molar refractivity (Wildman–Crippen MR) is 108 cm³/mol. The Morgan fingerprint density at radius 2 is 1.82 bits per heavy atom. The summed E-state index contributed by atoms with van der Waals surface area (Å²) in [4.78, 5) is 0. The van der Waals surface area contributed by atoms with Gasteiger partial charge < -0.3 is 14.2 Å². The van der Waals surface area contributed by atoms with Gasteiger partial charge in [-0.05, 0) is 53.6 Å². The van der Waals surface area contributed by atoms with E-state index in [0.717, 1.165) is 22.4 Å². The van der Waals surface area contributed by atoms with Gasteiger partial charge in [0.25, 0.3) is 0 Å². The van der Waals surface area contributed by atoms with E-state index in [0.29, 0.717) is 28.7 Å². The molecular formula is C23H16ClNO3. The lowest BCUT2D eigenvalue weighted by atomic mass is 10.0. The molecule has 28 heavy (non-hydrogen) atoms. The lowest BCUT2D eigenvalue weighted by Gasteiger charge is -2.08. The van der Waals surface area contributed by atoms with E-state index < -0.39 is 0 Å². The molecule has 1 aliphatic rings. The molecule has 3 aromatic rings. The first kappa shape index (κ1) is 18.0. The highest BCUT2D eigenvalue weighted by Crippen LogP contribution is 2.34. The molecule has 1 heterocycles. The quantitative estimate of drug-likeness (QED) is 0.414. The molecule has 138 valence electrons. The molecule has 4 nitrogen and oxygen atoms in total. The van der Waals surface area contributed by atoms with Crippen molar-refractivity contribution < 1.29 is 14.2 Å². The molecule has 0 radical (unpaired) electrons. The lowest BCUT2D eigenvalue weighted by Crippen LogP contribution is -1.95. The smallest absolute Gasteiger partial charge is 0.231 e. The SMILES string of the molecule is N#C/C(=C/c1ccc(OCc2ccccc2Cl)cc1)c1ccc2c(c1)OCO2. The minimum atomic E-state index is 0.208. The summed E-state index contributed by atoms with van der Waals surface area (Å²) in [6.07, 6.45) is 1.83. The largest absolute Gasteiger partial charge is 0.489 e. The second-order valence-electron chi connectivity index (χ2n) is 6.19. The zero-order valence-corrected chi connectivity index (χ0v) is 15.6. The molecule has 0 unspecified atom stereocenters. The number of nitriles is 1. The first-order valence-electron chi connectivity index (χ1n) is 8.71. The van der Waals surface area contributed by atoms with E-state index in [2.05, 4.69) is 6.07 Å². The van der Waals surface area contributed by atoms with Crippen LogP contribution in [0.5, 0.6) is 17.2 Å². The maximum absolute atomic E-state index is 9.55. The molecule has 0 saturated heterocycles. The van der Waals surface area contributed by atoms with Crippen LogP contribution >= 0.6 is 11.6 Å². The monoisotopic (exact) mass is 389 g/mol. The molecule has 0 atom stereocenters. The van der Waals surface area contributed by atoms with Crippen LogP contribution in [-0.2, 0) is 6.61 Å². The van der Waals surface area contributed by atoms with E-state index in [9.17, 15) is 5.26 Å². The van der Waals surface area contributed by atoms with Crippen molar-refractivity contribution in [3.63, 3.8) is 0 Å². The van der Waals surface area contributed by atoms with Gasteiger partial charge in [0.15, 0.2) is 11.5 Å². The Bertz CT molecular complexity index is 1070. The highest BCUT2D eigenvalue weighted by Gasteiger charge is 2.14. The van der Waals surface area contributed by atoms with E-state index in [4.69, 9.17) is 25.8 Å². The molecule has 3 aromatic carbocycles. The third-order valence-corrected chi connectivity index (χ3v) is 4.72. The Hall–Kier alpha value is -3.42. The number of hydrogen-bond donors (Lipinski definition) is 0. The van der Waals surface area contributed by atoms with Gasteiger partial charge >= 0.3 is 0 Å². The van der Waals surface area contributed by atoms with Crippen molar-refractivity contribution >= 4 is 23.3 Å². The maximum Gasteiger partial charge on any atom is 0.231 e. The van der Waals surface area contributed by atoms with Crippen molar-refractivity contribution in [2.75, 3.05) is 6.79 Å². The standard InChI is InChI=1S/C23H16ClNO3/c24-21-4-2-1-3-18(21)14-26-20-8-5-16(6-9-20)11-19(13-25)17-7-10-22-23(12-17)28-15-27-22/h1-12H,14-15H2/b19-11-. The number of benzene rings is 3. The van der Waals surface area contributed by atoms with Crippen molar-refractivity contribution in [1.29, 1.82) is 5.26 Å². The van der Waals surface area contributed by atoms with Gasteiger partial charge in [-0.2, -0.15) is 5.26 Å². The van der Waals surface area contributed by atoms with Crippen LogP contribution in [0.1, 0.15) is 16.7 Å². The summed E-state index contributed by atoms with van der Waals surface area (Å²) >= 11 is 6.15. The summed E-state index contributed by atoms with van der Waals surface area (Å²) < 4.78 is 16.5. The van der Waals surface area contributed by atoms with Crippen LogP contribution in [0.3, 0.4) is 0 Å². The molecule has 0 aromatic heterocycles. The van der Waals surface area contributed by atoms with E-state index in [1.807, 2.05) is 72.8 Å². The van der Waals surface area contributed by atoms with Gasteiger partial charge in [-0.1, -0.05) is 41.9 Å². The van der Waals surface area contributed by atoms with Crippen molar-refractivity contribution in [3.8, 4) is 23.3 Å². The molecule has 4 rings (SSSR count). The fraction of sp³-hybridized carbons (Fsp3) is 0.0870. The highest BCUT2D eigenvalue weighted by atomic mass is 35.5. The Balaban J connectivity index is 1.48. The zero-order valence-electron chi connectivity index (χ0n) is 14.9. The molecule has 0 aliphatic carbocycles. The average Bonchev–Trinajstić information content (AvgIpc) is 3.20. The number of halogens is 1. The van der Waals surface area contributed by atoms with Crippen LogP contribution in [0.2, 0.25) is 5.02 Å². The van der Waals surface area contributed by atoms with E-state index in [1.54, 1.807) is 0 Å². The number of rotatable bonds is 5. The zero-order chi connectivity index (χ0) is 19.3. The molecule has 5 heteroatoms. The van der Waals surface area contributed by atoms with Crippen molar-refractivity contribution in [1.82, 2.24) is 0 Å². The van der Waals surface area contributed by atoms with Crippen LogP contribution in [0, 0.1) is 11.3 Å². The van der Waals surface area contributed by atoms with Crippen molar-refractivity contribution in [2.24, 2.45) is 0 Å². The summed E-state index contributed by atoms with van der Waals surface area (Å²) in [5, 5.41) is 10.2. The third-order valence-electron chi connectivity index (χ3n) is 4.35. The average molecular weight is 390 g/mol. The number of fused-ring (bicyclic) bond motifs is 1. The normalized spacial score (nSPS) is 12.5. The molecule has 0 spiro atoms. The second kappa shape index (κ2) is 8.08. The van der Waals surface area contributed by atoms with Crippen molar-refractivity contribution in [2.45, 2.75) is 6.61 Å². The first-order chi connectivity index (χ1) is 13.7. The molecule has 0 saturated carbocycles. The minimum absolute atomic E-state index is 0.208. The predicted octanol–water partition coefficient (Wildman–Crippen LogP) is 5.71. The lowest BCUT2D eigenvalue weighted by molar-refractivity contribution is 0.174. The number of allylic oxidation sites excluding steroid dienone is 1. The van der Waals surface area contributed by atoms with Gasteiger partial charge in [-0.15, -0.1) is 0 Å². The van der Waals surface area contributed by atoms with Gasteiger partial charge in [0.1, 0.15) is 12.4 Å². The second-order valence-corrected chi connectivity index (χ2v) is 6.59.